The van der Waals surface area contributed by atoms with Crippen molar-refractivity contribution in [2.24, 2.45) is 0 Å². The molecule has 0 aromatic rings. The van der Waals surface area contributed by atoms with Crippen LogP contribution in [0.3, 0.4) is 0 Å². The number of amides is 1. The van der Waals surface area contributed by atoms with Crippen LogP contribution < -0.4 is 5.32 Å². The first-order valence-corrected chi connectivity index (χ1v) is 5.21. The van der Waals surface area contributed by atoms with Crippen molar-refractivity contribution in [3.8, 4) is 12.3 Å². The van der Waals surface area contributed by atoms with Gasteiger partial charge in [0.25, 0.3) is 0 Å². The standard InChI is InChI=1S/C11H18N2O/c1-3-10(2)12-7-6-11(14)13-8-4-5-9-13/h1,10,12H,4-9H2,2H3. The monoisotopic (exact) mass is 194 g/mol. The van der Waals surface area contributed by atoms with Crippen molar-refractivity contribution in [3.05, 3.63) is 0 Å². The van der Waals surface area contributed by atoms with Gasteiger partial charge in [0.15, 0.2) is 0 Å². The highest BCUT2D eigenvalue weighted by Crippen LogP contribution is 2.08. The maximum absolute atomic E-state index is 11.5. The zero-order chi connectivity index (χ0) is 10.4. The molecule has 14 heavy (non-hydrogen) atoms. The second-order valence-corrected chi connectivity index (χ2v) is 3.68. The van der Waals surface area contributed by atoms with Crippen LogP contribution in [0.15, 0.2) is 0 Å². The maximum Gasteiger partial charge on any atom is 0.223 e. The predicted molar refractivity (Wildman–Crippen MR) is 56.7 cm³/mol. The van der Waals surface area contributed by atoms with Crippen LogP contribution in [0.25, 0.3) is 0 Å². The lowest BCUT2D eigenvalue weighted by Crippen LogP contribution is -2.33. The van der Waals surface area contributed by atoms with Crippen molar-refractivity contribution in [1.29, 1.82) is 0 Å². The van der Waals surface area contributed by atoms with E-state index in [0.29, 0.717) is 13.0 Å². The number of nitrogens with one attached hydrogen (secondary N) is 1. The van der Waals surface area contributed by atoms with E-state index in [0.717, 1.165) is 25.9 Å². The van der Waals surface area contributed by atoms with Crippen LogP contribution in [0.5, 0.6) is 0 Å². The number of hydrogen-bond donors (Lipinski definition) is 1. The Bertz CT molecular complexity index is 226. The Morgan fingerprint density at radius 1 is 1.57 bits per heavy atom. The summed E-state index contributed by atoms with van der Waals surface area (Å²) < 4.78 is 0. The highest BCUT2D eigenvalue weighted by Gasteiger charge is 2.16. The second kappa shape index (κ2) is 5.66. The van der Waals surface area contributed by atoms with Gasteiger partial charge in [-0.1, -0.05) is 5.92 Å². The van der Waals surface area contributed by atoms with Crippen LogP contribution in [0.4, 0.5) is 0 Å². The Morgan fingerprint density at radius 3 is 2.79 bits per heavy atom. The SMILES string of the molecule is C#CC(C)NCCC(=O)N1CCCC1. The Kier molecular flexibility index (Phi) is 4.48. The van der Waals surface area contributed by atoms with E-state index in [2.05, 4.69) is 11.2 Å². The third-order valence-electron chi connectivity index (χ3n) is 2.50. The third-order valence-corrected chi connectivity index (χ3v) is 2.50. The van der Waals surface area contributed by atoms with E-state index in [1.807, 2.05) is 11.8 Å². The van der Waals surface area contributed by atoms with Crippen LogP contribution in [0.1, 0.15) is 26.2 Å². The molecule has 1 amide bonds. The lowest BCUT2D eigenvalue weighted by molar-refractivity contribution is -0.130. The third kappa shape index (κ3) is 3.39. The van der Waals surface area contributed by atoms with Crippen molar-refractivity contribution < 1.29 is 4.79 Å². The molecule has 1 aliphatic rings. The molecule has 0 aromatic heterocycles. The van der Waals surface area contributed by atoms with Gasteiger partial charge in [-0.05, 0) is 19.8 Å². The van der Waals surface area contributed by atoms with E-state index < -0.39 is 0 Å². The summed E-state index contributed by atoms with van der Waals surface area (Å²) in [5.41, 5.74) is 0. The van der Waals surface area contributed by atoms with Gasteiger partial charge in [0.1, 0.15) is 0 Å². The second-order valence-electron chi connectivity index (χ2n) is 3.68. The van der Waals surface area contributed by atoms with E-state index in [1.54, 1.807) is 0 Å². The summed E-state index contributed by atoms with van der Waals surface area (Å²) >= 11 is 0. The molecule has 0 aromatic carbocycles. The number of likely N-dealkylation sites (tertiary alicyclic amines) is 1. The van der Waals surface area contributed by atoms with Crippen LogP contribution in [-0.2, 0) is 4.79 Å². The molecule has 1 aliphatic heterocycles. The summed E-state index contributed by atoms with van der Waals surface area (Å²) in [5.74, 6) is 2.82. The Balaban J connectivity index is 2.12. The molecule has 1 unspecified atom stereocenters. The normalized spacial score (nSPS) is 17.9. The Morgan fingerprint density at radius 2 is 2.21 bits per heavy atom. The van der Waals surface area contributed by atoms with E-state index in [-0.39, 0.29) is 11.9 Å². The predicted octanol–water partition coefficient (Wildman–Crippen LogP) is 0.610. The average molecular weight is 194 g/mol. The lowest BCUT2D eigenvalue weighted by Gasteiger charge is -2.15. The summed E-state index contributed by atoms with van der Waals surface area (Å²) in [6.07, 6.45) is 8.07. The van der Waals surface area contributed by atoms with E-state index in [4.69, 9.17) is 6.42 Å². The number of hydrogen-bond acceptors (Lipinski definition) is 2. The Labute approximate surface area is 85.9 Å². The molecule has 1 fully saturated rings. The quantitative estimate of drug-likeness (QED) is 0.665. The largest absolute Gasteiger partial charge is 0.343 e. The molecule has 1 atom stereocenters. The molecular weight excluding hydrogens is 176 g/mol. The van der Waals surface area contributed by atoms with Crippen molar-refractivity contribution in [1.82, 2.24) is 10.2 Å². The molecule has 0 aliphatic carbocycles. The van der Waals surface area contributed by atoms with E-state index >= 15 is 0 Å². The molecule has 0 radical (unpaired) electrons. The zero-order valence-electron chi connectivity index (χ0n) is 8.75. The van der Waals surface area contributed by atoms with Gasteiger partial charge in [-0.2, -0.15) is 0 Å². The Hall–Kier alpha value is -1.01. The molecule has 1 rings (SSSR count). The minimum absolute atomic E-state index is 0.0568. The number of carbonyl (C=O) groups is 1. The number of carbonyl (C=O) groups excluding carboxylic acids is 1. The topological polar surface area (TPSA) is 32.3 Å². The molecule has 78 valence electrons. The van der Waals surface area contributed by atoms with E-state index in [9.17, 15) is 4.79 Å². The maximum atomic E-state index is 11.5. The molecule has 3 nitrogen and oxygen atoms in total. The minimum atomic E-state index is 0.0568. The van der Waals surface area contributed by atoms with Gasteiger partial charge in [0, 0.05) is 26.1 Å². The zero-order valence-corrected chi connectivity index (χ0v) is 8.75. The number of terminal acetylenes is 1. The van der Waals surface area contributed by atoms with Crippen molar-refractivity contribution in [3.63, 3.8) is 0 Å². The van der Waals surface area contributed by atoms with Crippen LogP contribution in [0.2, 0.25) is 0 Å². The van der Waals surface area contributed by atoms with Crippen molar-refractivity contribution >= 4 is 5.91 Å². The van der Waals surface area contributed by atoms with Crippen LogP contribution in [0, 0.1) is 12.3 Å². The van der Waals surface area contributed by atoms with Crippen LogP contribution in [-0.4, -0.2) is 36.5 Å². The van der Waals surface area contributed by atoms with Gasteiger partial charge in [-0.3, -0.25) is 4.79 Å². The summed E-state index contributed by atoms with van der Waals surface area (Å²) in [7, 11) is 0. The fourth-order valence-corrected chi connectivity index (χ4v) is 1.58. The molecule has 0 saturated carbocycles. The molecule has 3 heteroatoms. The van der Waals surface area contributed by atoms with E-state index in [1.165, 1.54) is 0 Å². The summed E-state index contributed by atoms with van der Waals surface area (Å²) in [5, 5.41) is 3.10. The first-order valence-electron chi connectivity index (χ1n) is 5.21. The lowest BCUT2D eigenvalue weighted by atomic mass is 10.3. The van der Waals surface area contributed by atoms with Gasteiger partial charge in [0.05, 0.1) is 6.04 Å². The van der Waals surface area contributed by atoms with Gasteiger partial charge in [-0.15, -0.1) is 6.42 Å². The van der Waals surface area contributed by atoms with Crippen molar-refractivity contribution in [2.45, 2.75) is 32.2 Å². The molecule has 0 bridgehead atoms. The molecule has 1 saturated heterocycles. The van der Waals surface area contributed by atoms with Gasteiger partial charge < -0.3 is 10.2 Å². The highest BCUT2D eigenvalue weighted by molar-refractivity contribution is 5.76. The van der Waals surface area contributed by atoms with Gasteiger partial charge in [0.2, 0.25) is 5.91 Å². The highest BCUT2D eigenvalue weighted by atomic mass is 16.2. The number of nitrogens with zero attached hydrogens (tertiary/aromatic N) is 1. The fraction of sp³-hybridized carbons (Fsp3) is 0.727. The minimum Gasteiger partial charge on any atom is -0.343 e. The molecule has 1 heterocycles. The molecule has 0 spiro atoms. The smallest absolute Gasteiger partial charge is 0.223 e. The molecular formula is C11H18N2O. The first kappa shape index (κ1) is 11.1. The summed E-state index contributed by atoms with van der Waals surface area (Å²) in [6, 6.07) is 0.0568. The summed E-state index contributed by atoms with van der Waals surface area (Å²) in [6.45, 7) is 4.47. The number of rotatable bonds is 4. The average Bonchev–Trinajstić information content (AvgIpc) is 2.70. The van der Waals surface area contributed by atoms with Gasteiger partial charge >= 0.3 is 0 Å². The van der Waals surface area contributed by atoms with Crippen molar-refractivity contribution in [2.75, 3.05) is 19.6 Å². The summed E-state index contributed by atoms with van der Waals surface area (Å²) in [4.78, 5) is 13.5. The fourth-order valence-electron chi connectivity index (χ4n) is 1.58. The van der Waals surface area contributed by atoms with Crippen LogP contribution >= 0.6 is 0 Å². The first-order chi connectivity index (χ1) is 6.74. The van der Waals surface area contributed by atoms with Gasteiger partial charge in [-0.25, -0.2) is 0 Å². The molecule has 1 N–H and O–H groups in total.